The number of carbonyl (C=O) groups is 1. The number of likely N-dealkylation sites (tertiary alicyclic amines) is 1. The van der Waals surface area contributed by atoms with E-state index >= 15 is 0 Å². The molecule has 1 unspecified atom stereocenters. The Kier molecular flexibility index (Phi) is 10.8. The number of piperidine rings is 1. The molecular weight excluding hydrogens is 480 g/mol. The smallest absolute Gasteiger partial charge is 0.307 e. The lowest BCUT2D eigenvalue weighted by atomic mass is 10.1. The van der Waals surface area contributed by atoms with E-state index in [-0.39, 0.29) is 18.1 Å². The van der Waals surface area contributed by atoms with Crippen LogP contribution in [0.25, 0.3) is 10.8 Å². The van der Waals surface area contributed by atoms with Gasteiger partial charge in [-0.3, -0.25) is 9.69 Å². The zero-order valence-electron chi connectivity index (χ0n) is 22.4. The van der Waals surface area contributed by atoms with Crippen molar-refractivity contribution in [1.82, 2.24) is 9.80 Å². The molecule has 5 nitrogen and oxygen atoms in total. The maximum atomic E-state index is 12.6. The summed E-state index contributed by atoms with van der Waals surface area (Å²) < 4.78 is 12.2. The fourth-order valence-corrected chi connectivity index (χ4v) is 5.94. The molecule has 0 spiro atoms. The van der Waals surface area contributed by atoms with E-state index < -0.39 is 0 Å². The Morgan fingerprint density at radius 1 is 1.05 bits per heavy atom. The molecule has 1 aromatic heterocycles. The fraction of sp³-hybridized carbons (Fsp3) is 0.516. The number of benzene rings is 2. The number of hydrogen-bond donors (Lipinski definition) is 0. The summed E-state index contributed by atoms with van der Waals surface area (Å²) in [5.41, 5.74) is 0. The van der Waals surface area contributed by atoms with Gasteiger partial charge in [0.2, 0.25) is 0 Å². The Labute approximate surface area is 226 Å². The molecule has 1 aliphatic heterocycles. The number of rotatable bonds is 14. The van der Waals surface area contributed by atoms with Crippen molar-refractivity contribution in [3.63, 3.8) is 0 Å². The summed E-state index contributed by atoms with van der Waals surface area (Å²) in [5.74, 6) is 0.869. The maximum absolute atomic E-state index is 12.6. The normalized spacial score (nSPS) is 16.1. The third-order valence-corrected chi connectivity index (χ3v) is 8.21. The van der Waals surface area contributed by atoms with Gasteiger partial charge in [-0.25, -0.2) is 0 Å². The van der Waals surface area contributed by atoms with Crippen LogP contribution in [0.15, 0.2) is 60.0 Å². The van der Waals surface area contributed by atoms with Crippen LogP contribution in [0.4, 0.5) is 0 Å². The Bertz CT molecular complexity index is 1080. The van der Waals surface area contributed by atoms with Gasteiger partial charge in [-0.1, -0.05) is 62.2 Å². The van der Waals surface area contributed by atoms with Crippen molar-refractivity contribution in [3.8, 4) is 5.75 Å². The molecule has 1 aliphatic rings. The predicted molar refractivity (Wildman–Crippen MR) is 153 cm³/mol. The number of fused-ring (bicyclic) bond motifs is 1. The maximum Gasteiger partial charge on any atom is 0.307 e. The zero-order valence-corrected chi connectivity index (χ0v) is 23.3. The number of thiophene rings is 1. The molecule has 0 amide bonds. The zero-order chi connectivity index (χ0) is 25.9. The van der Waals surface area contributed by atoms with E-state index in [1.54, 1.807) is 11.3 Å². The highest BCUT2D eigenvalue weighted by Crippen LogP contribution is 2.33. The second kappa shape index (κ2) is 14.5. The van der Waals surface area contributed by atoms with Crippen molar-refractivity contribution in [2.24, 2.45) is 0 Å². The lowest BCUT2D eigenvalue weighted by Gasteiger charge is -2.36. The summed E-state index contributed by atoms with van der Waals surface area (Å²) in [6.07, 6.45) is 7.02. The molecule has 1 fully saturated rings. The first-order valence-electron chi connectivity index (χ1n) is 13.9. The van der Waals surface area contributed by atoms with Crippen LogP contribution < -0.4 is 4.74 Å². The molecule has 2 heterocycles. The van der Waals surface area contributed by atoms with Crippen LogP contribution in [0.5, 0.6) is 5.75 Å². The van der Waals surface area contributed by atoms with E-state index in [2.05, 4.69) is 83.7 Å². The number of unbranched alkanes of at least 4 members (excludes halogenated alkanes) is 1. The van der Waals surface area contributed by atoms with Crippen LogP contribution >= 0.6 is 11.3 Å². The van der Waals surface area contributed by atoms with Crippen molar-refractivity contribution in [2.75, 3.05) is 39.8 Å². The minimum Gasteiger partial charge on any atom is -0.484 e. The first kappa shape index (κ1) is 27.6. The van der Waals surface area contributed by atoms with Gasteiger partial charge in [-0.05, 0) is 62.3 Å². The van der Waals surface area contributed by atoms with Crippen LogP contribution in [-0.2, 0) is 9.53 Å². The average Bonchev–Trinajstić information content (AvgIpc) is 3.46. The molecule has 2 aromatic carbocycles. The van der Waals surface area contributed by atoms with E-state index in [1.165, 1.54) is 29.5 Å². The van der Waals surface area contributed by atoms with Crippen molar-refractivity contribution in [2.45, 2.75) is 64.0 Å². The van der Waals surface area contributed by atoms with Crippen LogP contribution in [-0.4, -0.2) is 61.6 Å². The highest BCUT2D eigenvalue weighted by Gasteiger charge is 2.26. The topological polar surface area (TPSA) is 42.0 Å². The van der Waals surface area contributed by atoms with Gasteiger partial charge in [0.15, 0.2) is 0 Å². The molecule has 200 valence electrons. The quantitative estimate of drug-likeness (QED) is 0.170. The van der Waals surface area contributed by atoms with Crippen LogP contribution in [0, 0.1) is 0 Å². The van der Waals surface area contributed by atoms with Crippen molar-refractivity contribution >= 4 is 28.1 Å². The number of nitrogens with zero attached hydrogens (tertiary/aromatic N) is 2. The largest absolute Gasteiger partial charge is 0.484 e. The Hall–Kier alpha value is -2.41. The van der Waals surface area contributed by atoms with E-state index in [0.29, 0.717) is 13.0 Å². The number of hydrogen-bond acceptors (Lipinski definition) is 6. The minimum absolute atomic E-state index is 0.0132. The summed E-state index contributed by atoms with van der Waals surface area (Å²) in [5, 5.41) is 4.46. The van der Waals surface area contributed by atoms with Crippen molar-refractivity contribution in [3.05, 3.63) is 64.9 Å². The standard InChI is InChI=1S/C31H42N2O3S/c1-3-4-21-35-31(34)23-26(33-18-8-5-9-19-33)24-32(2)20-17-29(30-16-11-22-37-30)36-28-15-10-13-25-12-6-7-14-27(25)28/h6-7,10-16,22,26,29H,3-5,8-9,17-21,23-24H2,1-2H3/t26?,29-/m0/s1. The highest BCUT2D eigenvalue weighted by molar-refractivity contribution is 7.10. The molecule has 0 radical (unpaired) electrons. The number of ether oxygens (including phenoxy) is 2. The Morgan fingerprint density at radius 3 is 2.65 bits per heavy atom. The SMILES string of the molecule is CCCCOC(=O)CC(CN(C)CC[C@H](Oc1cccc2ccccc12)c1cccs1)N1CCCCC1. The number of carbonyl (C=O) groups excluding carboxylic acids is 1. The lowest BCUT2D eigenvalue weighted by molar-refractivity contribution is -0.145. The molecule has 0 bridgehead atoms. The molecule has 3 aromatic rings. The molecule has 0 saturated carbocycles. The van der Waals surface area contributed by atoms with E-state index in [0.717, 1.165) is 56.6 Å². The summed E-state index contributed by atoms with van der Waals surface area (Å²) in [7, 11) is 2.17. The third-order valence-electron chi connectivity index (χ3n) is 7.25. The van der Waals surface area contributed by atoms with Gasteiger partial charge in [-0.15, -0.1) is 11.3 Å². The first-order chi connectivity index (χ1) is 18.1. The number of esters is 1. The highest BCUT2D eigenvalue weighted by atomic mass is 32.1. The Morgan fingerprint density at radius 2 is 1.86 bits per heavy atom. The third kappa shape index (κ3) is 8.29. The van der Waals surface area contributed by atoms with Crippen LogP contribution in [0.2, 0.25) is 0 Å². The van der Waals surface area contributed by atoms with Crippen molar-refractivity contribution in [1.29, 1.82) is 0 Å². The van der Waals surface area contributed by atoms with Crippen molar-refractivity contribution < 1.29 is 14.3 Å². The van der Waals surface area contributed by atoms with E-state index in [4.69, 9.17) is 9.47 Å². The summed E-state index contributed by atoms with van der Waals surface area (Å²) in [6.45, 7) is 6.54. The molecule has 37 heavy (non-hydrogen) atoms. The molecule has 0 aliphatic carbocycles. The molecule has 0 N–H and O–H groups in total. The molecule has 6 heteroatoms. The van der Waals surface area contributed by atoms with Gasteiger partial charge >= 0.3 is 5.97 Å². The monoisotopic (exact) mass is 522 g/mol. The second-order valence-electron chi connectivity index (χ2n) is 10.2. The molecular formula is C31H42N2O3S. The van der Waals surface area contributed by atoms with Crippen LogP contribution in [0.3, 0.4) is 0 Å². The summed E-state index contributed by atoms with van der Waals surface area (Å²) in [4.78, 5) is 18.7. The number of likely N-dealkylation sites (N-methyl/N-ethyl adjacent to an activating group) is 1. The van der Waals surface area contributed by atoms with Gasteiger partial charge in [0.05, 0.1) is 13.0 Å². The molecule has 2 atom stereocenters. The van der Waals surface area contributed by atoms with Gasteiger partial charge in [0.1, 0.15) is 11.9 Å². The van der Waals surface area contributed by atoms with Gasteiger partial charge in [0.25, 0.3) is 0 Å². The predicted octanol–water partition coefficient (Wildman–Crippen LogP) is 6.93. The van der Waals surface area contributed by atoms with Gasteiger partial charge in [-0.2, -0.15) is 0 Å². The average molecular weight is 523 g/mol. The van der Waals surface area contributed by atoms with Gasteiger partial charge < -0.3 is 14.4 Å². The summed E-state index contributed by atoms with van der Waals surface area (Å²) >= 11 is 1.75. The summed E-state index contributed by atoms with van der Waals surface area (Å²) in [6, 6.07) is 19.1. The first-order valence-corrected chi connectivity index (χ1v) is 14.8. The van der Waals surface area contributed by atoms with E-state index in [9.17, 15) is 4.79 Å². The fourth-order valence-electron chi connectivity index (χ4n) is 5.15. The molecule has 4 rings (SSSR count). The van der Waals surface area contributed by atoms with Gasteiger partial charge in [0, 0.05) is 35.8 Å². The minimum atomic E-state index is -0.0619. The lowest BCUT2D eigenvalue weighted by Crippen LogP contribution is -2.47. The Balaban J connectivity index is 1.39. The van der Waals surface area contributed by atoms with Crippen LogP contribution in [0.1, 0.15) is 62.9 Å². The second-order valence-corrected chi connectivity index (χ2v) is 11.2. The van der Waals surface area contributed by atoms with E-state index in [1.807, 2.05) is 0 Å². The molecule has 1 saturated heterocycles.